The summed E-state index contributed by atoms with van der Waals surface area (Å²) in [6.07, 6.45) is 1.68. The summed E-state index contributed by atoms with van der Waals surface area (Å²) in [7, 11) is 0. The molecule has 1 spiro atoms. The number of aliphatic hydroxyl groups is 1. The van der Waals surface area contributed by atoms with Gasteiger partial charge < -0.3 is 15.3 Å². The first-order valence-corrected chi connectivity index (χ1v) is 15.7. The van der Waals surface area contributed by atoms with Gasteiger partial charge in [0, 0.05) is 45.2 Å². The Balaban J connectivity index is 1.28. The second-order valence-electron chi connectivity index (χ2n) is 13.0. The van der Waals surface area contributed by atoms with Gasteiger partial charge in [0.1, 0.15) is 17.8 Å². The van der Waals surface area contributed by atoms with E-state index in [0.717, 1.165) is 30.5 Å². The fourth-order valence-corrected chi connectivity index (χ4v) is 6.71. The first-order valence-electron chi connectivity index (χ1n) is 15.7. The molecule has 42 heavy (non-hydrogen) atoms. The molecule has 2 N–H and O–H groups in total. The zero-order chi connectivity index (χ0) is 29.9. The van der Waals surface area contributed by atoms with E-state index in [-0.39, 0.29) is 24.3 Å². The van der Waals surface area contributed by atoms with E-state index in [1.165, 1.54) is 0 Å². The van der Waals surface area contributed by atoms with Crippen LogP contribution in [0, 0.1) is 5.92 Å². The van der Waals surface area contributed by atoms with Crippen LogP contribution < -0.4 is 5.32 Å². The number of alkyl halides is 1. The normalized spacial score (nSPS) is 25.0. The molecule has 0 aromatic heterocycles. The summed E-state index contributed by atoms with van der Waals surface area (Å²) in [5, 5.41) is 14.7. The summed E-state index contributed by atoms with van der Waals surface area (Å²) in [5.74, 6) is 0.144. The first kappa shape index (κ1) is 30.6. The van der Waals surface area contributed by atoms with Crippen molar-refractivity contribution in [3.8, 4) is 0 Å². The van der Waals surface area contributed by atoms with E-state index in [4.69, 9.17) is 0 Å². The second-order valence-corrected chi connectivity index (χ2v) is 13.0. The Hall–Kier alpha value is -2.81. The maximum atomic E-state index is 14.6. The van der Waals surface area contributed by atoms with E-state index < -0.39 is 29.9 Å². The smallest absolute Gasteiger partial charge is 0.243 e. The lowest BCUT2D eigenvalue weighted by Gasteiger charge is -2.35. The molecule has 1 aliphatic carbocycles. The predicted octanol–water partition coefficient (Wildman–Crippen LogP) is 3.80. The van der Waals surface area contributed by atoms with Crippen molar-refractivity contribution >= 4 is 11.8 Å². The average Bonchev–Trinajstić information content (AvgIpc) is 3.66. The zero-order valence-corrected chi connectivity index (χ0v) is 25.3. The number of aliphatic hydroxyl groups excluding tert-OH is 1. The number of rotatable bonds is 13. The van der Waals surface area contributed by atoms with Crippen LogP contribution in [0.1, 0.15) is 57.6 Å². The number of hydrogen-bond donors (Lipinski definition) is 2. The standard InChI is InChI=1S/C34H47FN4O3/c1-24(2)37(20-27-12-8-5-9-13-27)23-31(40)30(18-26-10-6-4-7-11-26)36-32(41)25(3)39-17-16-34(33(39)42)19-29(35)22-38(34)21-28-14-15-28/h4-13,24-25,28-31,40H,14-23H2,1-3H3,(H,36,41)/t25?,29-,30-,31+,34-/m0/s1. The van der Waals surface area contributed by atoms with Crippen LogP contribution in [0.5, 0.6) is 0 Å². The van der Waals surface area contributed by atoms with Gasteiger partial charge in [-0.3, -0.25) is 19.4 Å². The van der Waals surface area contributed by atoms with Crippen molar-refractivity contribution in [2.24, 2.45) is 5.92 Å². The number of hydrogen-bond acceptors (Lipinski definition) is 5. The molecule has 2 aliphatic heterocycles. The van der Waals surface area contributed by atoms with Gasteiger partial charge in [-0.25, -0.2) is 4.39 Å². The van der Waals surface area contributed by atoms with Gasteiger partial charge in [-0.2, -0.15) is 0 Å². The van der Waals surface area contributed by atoms with Crippen molar-refractivity contribution in [1.82, 2.24) is 20.0 Å². The largest absolute Gasteiger partial charge is 0.390 e. The van der Waals surface area contributed by atoms with Crippen molar-refractivity contribution in [1.29, 1.82) is 0 Å². The van der Waals surface area contributed by atoms with E-state index in [1.807, 2.05) is 48.5 Å². The van der Waals surface area contributed by atoms with Crippen LogP contribution in [0.3, 0.4) is 0 Å². The highest BCUT2D eigenvalue weighted by molar-refractivity contribution is 5.94. The number of carbonyl (C=O) groups excluding carboxylic acids is 2. The number of nitrogens with one attached hydrogen (secondary N) is 1. The molecule has 1 unspecified atom stereocenters. The number of halogens is 1. The minimum Gasteiger partial charge on any atom is -0.390 e. The van der Waals surface area contributed by atoms with E-state index >= 15 is 0 Å². The van der Waals surface area contributed by atoms with Crippen LogP contribution in [0.15, 0.2) is 60.7 Å². The summed E-state index contributed by atoms with van der Waals surface area (Å²) in [5.41, 5.74) is 1.35. The third-order valence-corrected chi connectivity index (χ3v) is 9.50. The topological polar surface area (TPSA) is 76.1 Å². The quantitative estimate of drug-likeness (QED) is 0.378. The zero-order valence-electron chi connectivity index (χ0n) is 25.3. The van der Waals surface area contributed by atoms with E-state index in [0.29, 0.717) is 44.9 Å². The molecule has 7 nitrogen and oxygen atoms in total. The fourth-order valence-electron chi connectivity index (χ4n) is 6.71. The molecule has 8 heteroatoms. The van der Waals surface area contributed by atoms with Crippen LogP contribution in [-0.2, 0) is 22.6 Å². The molecule has 2 heterocycles. The molecule has 5 atom stereocenters. The van der Waals surface area contributed by atoms with E-state index in [1.54, 1.807) is 11.8 Å². The van der Waals surface area contributed by atoms with Gasteiger partial charge in [0.25, 0.3) is 0 Å². The molecule has 2 amide bonds. The van der Waals surface area contributed by atoms with Crippen molar-refractivity contribution in [3.63, 3.8) is 0 Å². The van der Waals surface area contributed by atoms with Gasteiger partial charge in [0.15, 0.2) is 0 Å². The molecule has 0 radical (unpaired) electrons. The molecule has 5 rings (SSSR count). The molecule has 0 bridgehead atoms. The molecule has 3 fully saturated rings. The Morgan fingerprint density at radius 2 is 1.71 bits per heavy atom. The van der Waals surface area contributed by atoms with Gasteiger partial charge in [-0.15, -0.1) is 0 Å². The molecule has 228 valence electrons. The SMILES string of the molecule is CC(C)N(Cc1ccccc1)C[C@@H](O)[C@H](Cc1ccccc1)NC(=O)C(C)N1CC[C@]2(C[C@H](F)CN2CC2CC2)C1=O. The van der Waals surface area contributed by atoms with E-state index in [9.17, 15) is 19.1 Å². The summed E-state index contributed by atoms with van der Waals surface area (Å²) in [4.78, 5) is 33.4. The van der Waals surface area contributed by atoms with Crippen molar-refractivity contribution in [2.45, 2.75) is 95.4 Å². The van der Waals surface area contributed by atoms with Gasteiger partial charge in [-0.1, -0.05) is 60.7 Å². The maximum Gasteiger partial charge on any atom is 0.243 e. The number of nitrogens with zero attached hydrogens (tertiary/aromatic N) is 3. The van der Waals surface area contributed by atoms with Crippen LogP contribution in [0.4, 0.5) is 4.39 Å². The van der Waals surface area contributed by atoms with Crippen LogP contribution in [-0.4, -0.2) is 93.7 Å². The predicted molar refractivity (Wildman–Crippen MR) is 162 cm³/mol. The lowest BCUT2D eigenvalue weighted by molar-refractivity contribution is -0.143. The number of carbonyl (C=O) groups is 2. The molecule has 1 saturated carbocycles. The first-order chi connectivity index (χ1) is 20.2. The summed E-state index contributed by atoms with van der Waals surface area (Å²) >= 11 is 0. The Kier molecular flexibility index (Phi) is 9.65. The third-order valence-electron chi connectivity index (χ3n) is 9.50. The minimum atomic E-state index is -1.01. The van der Waals surface area contributed by atoms with Gasteiger partial charge in [0.05, 0.1) is 12.1 Å². The van der Waals surface area contributed by atoms with Crippen LogP contribution in [0.25, 0.3) is 0 Å². The van der Waals surface area contributed by atoms with E-state index in [2.05, 4.69) is 41.1 Å². The summed E-state index contributed by atoms with van der Waals surface area (Å²) < 4.78 is 14.6. The van der Waals surface area contributed by atoms with Gasteiger partial charge >= 0.3 is 0 Å². The molecule has 2 aromatic rings. The number of likely N-dealkylation sites (tertiary alicyclic amines) is 2. The monoisotopic (exact) mass is 578 g/mol. The van der Waals surface area contributed by atoms with Gasteiger partial charge in [-0.05, 0) is 63.5 Å². The maximum absolute atomic E-state index is 14.6. The van der Waals surface area contributed by atoms with Crippen molar-refractivity contribution in [3.05, 3.63) is 71.8 Å². The molecular weight excluding hydrogens is 531 g/mol. The van der Waals surface area contributed by atoms with Crippen LogP contribution >= 0.6 is 0 Å². The fraction of sp³-hybridized carbons (Fsp3) is 0.588. The highest BCUT2D eigenvalue weighted by atomic mass is 19.1. The summed E-state index contributed by atoms with van der Waals surface area (Å²) in [6.45, 7) is 8.54. The number of benzene rings is 2. The lowest BCUT2D eigenvalue weighted by atomic mass is 9.93. The molecular formula is C34H47FN4O3. The summed E-state index contributed by atoms with van der Waals surface area (Å²) in [6, 6.07) is 18.9. The second kappa shape index (κ2) is 13.2. The van der Waals surface area contributed by atoms with Gasteiger partial charge in [0.2, 0.25) is 11.8 Å². The van der Waals surface area contributed by atoms with Crippen molar-refractivity contribution < 1.29 is 19.1 Å². The molecule has 2 saturated heterocycles. The Morgan fingerprint density at radius 1 is 1.07 bits per heavy atom. The highest BCUT2D eigenvalue weighted by Gasteiger charge is 2.58. The lowest BCUT2D eigenvalue weighted by Crippen LogP contribution is -2.57. The van der Waals surface area contributed by atoms with Crippen molar-refractivity contribution in [2.75, 3.05) is 26.2 Å². The average molecular weight is 579 g/mol. The number of amides is 2. The van der Waals surface area contributed by atoms with Crippen LogP contribution in [0.2, 0.25) is 0 Å². The Morgan fingerprint density at radius 3 is 2.33 bits per heavy atom. The molecule has 2 aromatic carbocycles. The highest BCUT2D eigenvalue weighted by Crippen LogP contribution is 2.43. The molecule has 3 aliphatic rings. The minimum absolute atomic E-state index is 0.125. The Labute approximate surface area is 250 Å². The Bertz CT molecular complexity index is 1190. The third kappa shape index (κ3) is 7.04.